The number of fused-ring (bicyclic) bond motifs is 2. The first-order valence-electron chi connectivity index (χ1n) is 7.96. The molecule has 5 atom stereocenters. The van der Waals surface area contributed by atoms with E-state index < -0.39 is 41.3 Å². The monoisotopic (exact) mass is 343 g/mol. The topological polar surface area (TPSA) is 146 Å². The van der Waals surface area contributed by atoms with Crippen molar-refractivity contribution in [1.82, 2.24) is 10.3 Å². The number of aromatic nitrogens is 1. The van der Waals surface area contributed by atoms with Gasteiger partial charge in [0.15, 0.2) is 0 Å². The third-order valence-electron chi connectivity index (χ3n) is 5.53. The Labute approximate surface area is 142 Å². The van der Waals surface area contributed by atoms with E-state index in [9.17, 15) is 24.6 Å². The Hall–Kier alpha value is -2.87. The number of hydrogen-bond donors (Lipinski definition) is 5. The molecular formula is C17H17N3O5. The molecule has 2 fully saturated rings. The summed E-state index contributed by atoms with van der Waals surface area (Å²) >= 11 is 0. The number of nitrogens with one attached hydrogen (secondary N) is 2. The number of aromatic amines is 1. The summed E-state index contributed by atoms with van der Waals surface area (Å²) in [4.78, 5) is 38.5. The highest BCUT2D eigenvalue weighted by Crippen LogP contribution is 2.61. The van der Waals surface area contributed by atoms with E-state index in [0.29, 0.717) is 5.56 Å². The first-order valence-corrected chi connectivity index (χ1v) is 7.96. The van der Waals surface area contributed by atoms with Crippen molar-refractivity contribution in [3.05, 3.63) is 36.0 Å². The molecule has 0 spiro atoms. The van der Waals surface area contributed by atoms with Gasteiger partial charge in [-0.1, -0.05) is 18.2 Å². The third-order valence-corrected chi connectivity index (χ3v) is 5.53. The Balaban J connectivity index is 1.59. The van der Waals surface area contributed by atoms with Crippen LogP contribution in [0, 0.1) is 17.8 Å². The number of nitrogens with two attached hydrogens (primary N) is 1. The number of carbonyl (C=O) groups excluding carboxylic acids is 1. The minimum absolute atomic E-state index is 0.0234. The second kappa shape index (κ2) is 5.06. The van der Waals surface area contributed by atoms with Crippen LogP contribution >= 0.6 is 0 Å². The zero-order valence-electron chi connectivity index (χ0n) is 13.1. The molecule has 0 radical (unpaired) electrons. The smallest absolute Gasteiger partial charge is 0.324 e. The van der Waals surface area contributed by atoms with E-state index >= 15 is 0 Å². The predicted molar refractivity (Wildman–Crippen MR) is 86.8 cm³/mol. The van der Waals surface area contributed by atoms with E-state index in [1.54, 1.807) is 12.3 Å². The molecule has 1 amide bonds. The zero-order valence-corrected chi connectivity index (χ0v) is 13.1. The number of benzene rings is 1. The van der Waals surface area contributed by atoms with Crippen LogP contribution in [0.4, 0.5) is 0 Å². The van der Waals surface area contributed by atoms with Crippen LogP contribution in [-0.2, 0) is 9.59 Å². The van der Waals surface area contributed by atoms with Gasteiger partial charge in [-0.25, -0.2) is 0 Å². The van der Waals surface area contributed by atoms with Crippen LogP contribution in [0.2, 0.25) is 0 Å². The lowest BCUT2D eigenvalue weighted by Gasteiger charge is -2.24. The fourth-order valence-corrected chi connectivity index (χ4v) is 4.34. The summed E-state index contributed by atoms with van der Waals surface area (Å²) in [6.45, 7) is 0. The van der Waals surface area contributed by atoms with Crippen LogP contribution in [0.3, 0.4) is 0 Å². The lowest BCUT2D eigenvalue weighted by molar-refractivity contribution is -0.145. The van der Waals surface area contributed by atoms with Gasteiger partial charge in [-0.2, -0.15) is 0 Å². The van der Waals surface area contributed by atoms with Crippen molar-refractivity contribution in [2.75, 3.05) is 0 Å². The molecule has 5 unspecified atom stereocenters. The van der Waals surface area contributed by atoms with Gasteiger partial charge < -0.3 is 26.2 Å². The standard InChI is InChI=1S/C17H17N3O5/c18-17(16(24)25)5-10(11-12(13(11)17)15(22)23)20-14(21)8-6-19-9-4-2-1-3-7(8)9/h1-4,6,10-13,19H,5,18H2,(H,20,21)(H,22,23)(H,24,25). The van der Waals surface area contributed by atoms with Gasteiger partial charge >= 0.3 is 11.9 Å². The van der Waals surface area contributed by atoms with E-state index in [1.807, 2.05) is 18.2 Å². The highest BCUT2D eigenvalue weighted by atomic mass is 16.4. The fourth-order valence-electron chi connectivity index (χ4n) is 4.34. The van der Waals surface area contributed by atoms with E-state index in [2.05, 4.69) is 10.3 Å². The quantitative estimate of drug-likeness (QED) is 0.543. The average Bonchev–Trinajstić information content (AvgIpc) is 3.08. The van der Waals surface area contributed by atoms with Crippen LogP contribution in [0.25, 0.3) is 10.9 Å². The van der Waals surface area contributed by atoms with Crippen LogP contribution in [-0.4, -0.2) is 44.6 Å². The summed E-state index contributed by atoms with van der Waals surface area (Å²) in [7, 11) is 0. The highest BCUT2D eigenvalue weighted by Gasteiger charge is 2.74. The van der Waals surface area contributed by atoms with E-state index in [4.69, 9.17) is 5.73 Å². The van der Waals surface area contributed by atoms with Crippen molar-refractivity contribution in [2.24, 2.45) is 23.5 Å². The molecule has 130 valence electrons. The van der Waals surface area contributed by atoms with Gasteiger partial charge in [-0.15, -0.1) is 0 Å². The summed E-state index contributed by atoms with van der Waals surface area (Å²) in [6.07, 6.45) is 1.61. The summed E-state index contributed by atoms with van der Waals surface area (Å²) < 4.78 is 0. The van der Waals surface area contributed by atoms with Crippen molar-refractivity contribution >= 4 is 28.7 Å². The summed E-state index contributed by atoms with van der Waals surface area (Å²) in [6, 6.07) is 6.73. The number of hydrogen-bond acceptors (Lipinski definition) is 4. The van der Waals surface area contributed by atoms with Crippen LogP contribution < -0.4 is 11.1 Å². The van der Waals surface area contributed by atoms with Crippen molar-refractivity contribution in [2.45, 2.75) is 18.0 Å². The van der Waals surface area contributed by atoms with E-state index in [1.165, 1.54) is 0 Å². The second-order valence-electron chi connectivity index (χ2n) is 6.84. The van der Waals surface area contributed by atoms with Gasteiger partial charge in [-0.3, -0.25) is 14.4 Å². The lowest BCUT2D eigenvalue weighted by Crippen LogP contribution is -2.52. The first-order chi connectivity index (χ1) is 11.8. The fraction of sp³-hybridized carbons (Fsp3) is 0.353. The number of amides is 1. The van der Waals surface area contributed by atoms with E-state index in [-0.39, 0.29) is 12.3 Å². The molecular weight excluding hydrogens is 326 g/mol. The maximum absolute atomic E-state index is 12.6. The van der Waals surface area contributed by atoms with Gasteiger partial charge in [-0.05, 0) is 18.4 Å². The van der Waals surface area contributed by atoms with Crippen molar-refractivity contribution in [1.29, 1.82) is 0 Å². The lowest BCUT2D eigenvalue weighted by atomic mass is 9.90. The van der Waals surface area contributed by atoms with E-state index in [0.717, 1.165) is 10.9 Å². The summed E-state index contributed by atoms with van der Waals surface area (Å²) in [5, 5.41) is 22.2. The molecule has 8 heteroatoms. The highest BCUT2D eigenvalue weighted by molar-refractivity contribution is 6.07. The Morgan fingerprint density at radius 2 is 1.96 bits per heavy atom. The number of aliphatic carboxylic acids is 2. The number of para-hydroxylation sites is 1. The molecule has 4 rings (SSSR count). The molecule has 0 aliphatic heterocycles. The van der Waals surface area contributed by atoms with Gasteiger partial charge in [0.05, 0.1) is 11.5 Å². The minimum atomic E-state index is -1.62. The molecule has 2 aromatic rings. The maximum atomic E-state index is 12.6. The first kappa shape index (κ1) is 15.6. The van der Waals surface area contributed by atoms with Crippen LogP contribution in [0.5, 0.6) is 0 Å². The Kier molecular flexibility index (Phi) is 3.17. The van der Waals surface area contributed by atoms with Gasteiger partial charge in [0.1, 0.15) is 5.54 Å². The largest absolute Gasteiger partial charge is 0.481 e. The molecule has 8 nitrogen and oxygen atoms in total. The van der Waals surface area contributed by atoms with Crippen molar-refractivity contribution in [3.8, 4) is 0 Å². The molecule has 2 aliphatic rings. The van der Waals surface area contributed by atoms with Gasteiger partial charge in [0.25, 0.3) is 5.91 Å². The minimum Gasteiger partial charge on any atom is -0.481 e. The summed E-state index contributed by atoms with van der Waals surface area (Å²) in [5.41, 5.74) is 5.60. The molecule has 1 heterocycles. The molecule has 2 saturated carbocycles. The van der Waals surface area contributed by atoms with Crippen LogP contribution in [0.15, 0.2) is 30.5 Å². The molecule has 0 bridgehead atoms. The number of H-pyrrole nitrogens is 1. The van der Waals surface area contributed by atoms with Crippen LogP contribution in [0.1, 0.15) is 16.8 Å². The SMILES string of the molecule is NC1(C(=O)O)CC(NC(=O)c2c[nH]c3ccccc23)C2C(C(=O)O)C21. The molecule has 1 aromatic heterocycles. The Morgan fingerprint density at radius 1 is 1.24 bits per heavy atom. The third kappa shape index (κ3) is 2.14. The Bertz CT molecular complexity index is 907. The second-order valence-corrected chi connectivity index (χ2v) is 6.84. The van der Waals surface area contributed by atoms with Crippen molar-refractivity contribution in [3.63, 3.8) is 0 Å². The van der Waals surface area contributed by atoms with Gasteiger partial charge in [0, 0.05) is 29.1 Å². The molecule has 1 aromatic carbocycles. The normalized spacial score (nSPS) is 33.0. The number of carbonyl (C=O) groups is 3. The number of rotatable bonds is 4. The molecule has 2 aliphatic carbocycles. The maximum Gasteiger partial charge on any atom is 0.324 e. The van der Waals surface area contributed by atoms with Crippen molar-refractivity contribution < 1.29 is 24.6 Å². The molecule has 6 N–H and O–H groups in total. The van der Waals surface area contributed by atoms with Gasteiger partial charge in [0.2, 0.25) is 0 Å². The predicted octanol–water partition coefficient (Wildman–Crippen LogP) is 0.399. The average molecular weight is 343 g/mol. The zero-order chi connectivity index (χ0) is 17.9. The Morgan fingerprint density at radius 3 is 2.64 bits per heavy atom. The number of carboxylic acid groups (broad SMARTS) is 2. The molecule has 25 heavy (non-hydrogen) atoms. The molecule has 0 saturated heterocycles. The summed E-state index contributed by atoms with van der Waals surface area (Å²) in [5.74, 6) is -4.61. The number of carboxylic acids is 2.